The summed E-state index contributed by atoms with van der Waals surface area (Å²) >= 11 is 1.76. The Morgan fingerprint density at radius 2 is 2.32 bits per heavy atom. The van der Waals surface area contributed by atoms with Gasteiger partial charge in [0.2, 0.25) is 0 Å². The molecule has 124 valence electrons. The summed E-state index contributed by atoms with van der Waals surface area (Å²) in [5.41, 5.74) is 0. The maximum Gasteiger partial charge on any atom is 0.191 e. The van der Waals surface area contributed by atoms with E-state index in [-0.39, 0.29) is 0 Å². The number of rotatable bonds is 6. The fourth-order valence-electron chi connectivity index (χ4n) is 2.88. The molecule has 0 spiro atoms. The van der Waals surface area contributed by atoms with Crippen LogP contribution in [0.2, 0.25) is 0 Å². The number of piperidine rings is 1. The average Bonchev–Trinajstić information content (AvgIpc) is 3.03. The van der Waals surface area contributed by atoms with Gasteiger partial charge in [0.25, 0.3) is 0 Å². The molecule has 2 rings (SSSR count). The number of likely N-dealkylation sites (tertiary alicyclic amines) is 1. The van der Waals surface area contributed by atoms with Crippen LogP contribution in [-0.4, -0.2) is 43.1 Å². The number of hydrogen-bond acceptors (Lipinski definition) is 3. The molecule has 1 saturated heterocycles. The molecule has 2 N–H and O–H groups in total. The highest BCUT2D eigenvalue weighted by molar-refractivity contribution is 7.09. The molecule has 0 bridgehead atoms. The Hall–Kier alpha value is -1.07. The predicted octanol–water partition coefficient (Wildman–Crippen LogP) is 2.92. The molecule has 1 aliphatic heterocycles. The van der Waals surface area contributed by atoms with Crippen molar-refractivity contribution in [1.29, 1.82) is 0 Å². The number of thiophene rings is 1. The molecule has 5 heteroatoms. The smallest absolute Gasteiger partial charge is 0.191 e. The topological polar surface area (TPSA) is 39.7 Å². The van der Waals surface area contributed by atoms with Crippen LogP contribution in [0.15, 0.2) is 22.5 Å². The van der Waals surface area contributed by atoms with Gasteiger partial charge in [0.15, 0.2) is 5.96 Å². The standard InChI is InChI=1S/C17H30N4S/c1-4-18-17(20-12-16-8-6-10-22-16)19-11-15-7-5-9-21(13-15)14(2)3/h6,8,10,14-15H,4-5,7,9,11-13H2,1-3H3,(H2,18,19,20). The molecule has 0 aromatic carbocycles. The van der Waals surface area contributed by atoms with Crippen LogP contribution >= 0.6 is 11.3 Å². The maximum absolute atomic E-state index is 4.69. The first-order chi connectivity index (χ1) is 10.7. The number of nitrogens with one attached hydrogen (secondary N) is 2. The average molecular weight is 323 g/mol. The molecule has 1 fully saturated rings. The molecule has 1 atom stereocenters. The third-order valence-corrected chi connectivity index (χ3v) is 5.02. The van der Waals surface area contributed by atoms with Crippen molar-refractivity contribution in [2.24, 2.45) is 10.9 Å². The van der Waals surface area contributed by atoms with Gasteiger partial charge in [-0.05, 0) is 57.5 Å². The molecule has 1 aliphatic rings. The van der Waals surface area contributed by atoms with Crippen molar-refractivity contribution >= 4 is 17.3 Å². The molecule has 1 aromatic rings. The van der Waals surface area contributed by atoms with Crippen LogP contribution in [0.5, 0.6) is 0 Å². The summed E-state index contributed by atoms with van der Waals surface area (Å²) in [6.07, 6.45) is 2.63. The van der Waals surface area contributed by atoms with E-state index >= 15 is 0 Å². The summed E-state index contributed by atoms with van der Waals surface area (Å²) in [5, 5.41) is 8.98. The zero-order chi connectivity index (χ0) is 15.8. The van der Waals surface area contributed by atoms with E-state index in [0.29, 0.717) is 6.04 Å². The molecule has 22 heavy (non-hydrogen) atoms. The number of aliphatic imine (C=N–C) groups is 1. The van der Waals surface area contributed by atoms with Crippen molar-refractivity contribution in [3.05, 3.63) is 22.4 Å². The number of hydrogen-bond donors (Lipinski definition) is 2. The van der Waals surface area contributed by atoms with E-state index in [9.17, 15) is 0 Å². The minimum atomic E-state index is 0.656. The molecule has 0 saturated carbocycles. The number of nitrogens with zero attached hydrogens (tertiary/aromatic N) is 2. The first kappa shape index (κ1) is 17.3. The Labute approximate surface area is 139 Å². The van der Waals surface area contributed by atoms with Crippen LogP contribution in [0.4, 0.5) is 0 Å². The van der Waals surface area contributed by atoms with E-state index in [4.69, 9.17) is 0 Å². The van der Waals surface area contributed by atoms with Gasteiger partial charge in [0.1, 0.15) is 0 Å². The van der Waals surface area contributed by atoms with Crippen LogP contribution in [0, 0.1) is 5.92 Å². The predicted molar refractivity (Wildman–Crippen MR) is 96.6 cm³/mol. The molecule has 0 amide bonds. The summed E-state index contributed by atoms with van der Waals surface area (Å²) < 4.78 is 0. The Morgan fingerprint density at radius 3 is 3.00 bits per heavy atom. The van der Waals surface area contributed by atoms with Crippen molar-refractivity contribution < 1.29 is 0 Å². The van der Waals surface area contributed by atoms with E-state index in [0.717, 1.165) is 31.5 Å². The highest BCUT2D eigenvalue weighted by Crippen LogP contribution is 2.17. The zero-order valence-electron chi connectivity index (χ0n) is 14.1. The minimum absolute atomic E-state index is 0.656. The molecule has 1 unspecified atom stereocenters. The fourth-order valence-corrected chi connectivity index (χ4v) is 3.50. The van der Waals surface area contributed by atoms with Gasteiger partial charge in [-0.2, -0.15) is 0 Å². The Balaban J connectivity index is 1.81. The highest BCUT2D eigenvalue weighted by Gasteiger charge is 2.21. The Kier molecular flexibility index (Phi) is 7.19. The minimum Gasteiger partial charge on any atom is -0.357 e. The summed E-state index contributed by atoms with van der Waals surface area (Å²) in [6.45, 7) is 11.8. The molecule has 0 aliphatic carbocycles. The fraction of sp³-hybridized carbons (Fsp3) is 0.706. The SMILES string of the molecule is CCNC(=NCc1cccs1)NCC1CCCN(C(C)C)C1. The van der Waals surface area contributed by atoms with Crippen molar-refractivity contribution in [1.82, 2.24) is 15.5 Å². The molecule has 1 aromatic heterocycles. The van der Waals surface area contributed by atoms with Crippen LogP contribution in [-0.2, 0) is 6.54 Å². The summed E-state index contributed by atoms with van der Waals surface area (Å²) in [6, 6.07) is 4.88. The van der Waals surface area contributed by atoms with Gasteiger partial charge in [-0.15, -0.1) is 11.3 Å². The van der Waals surface area contributed by atoms with Crippen molar-refractivity contribution in [2.45, 2.75) is 46.2 Å². The van der Waals surface area contributed by atoms with Gasteiger partial charge >= 0.3 is 0 Å². The largest absolute Gasteiger partial charge is 0.357 e. The van der Waals surface area contributed by atoms with Gasteiger partial charge in [-0.1, -0.05) is 6.07 Å². The summed E-state index contributed by atoms with van der Waals surface area (Å²) in [7, 11) is 0. The first-order valence-corrected chi connectivity index (χ1v) is 9.35. The Bertz CT molecular complexity index is 442. The zero-order valence-corrected chi connectivity index (χ0v) is 15.0. The molecule has 2 heterocycles. The lowest BCUT2D eigenvalue weighted by atomic mass is 9.97. The van der Waals surface area contributed by atoms with Crippen LogP contribution in [0.1, 0.15) is 38.5 Å². The molecule has 4 nitrogen and oxygen atoms in total. The van der Waals surface area contributed by atoms with Crippen molar-refractivity contribution in [3.63, 3.8) is 0 Å². The van der Waals surface area contributed by atoms with Gasteiger partial charge in [-0.3, -0.25) is 0 Å². The lowest BCUT2D eigenvalue weighted by Gasteiger charge is -2.35. The summed E-state index contributed by atoms with van der Waals surface area (Å²) in [4.78, 5) is 8.58. The van der Waals surface area contributed by atoms with Crippen molar-refractivity contribution in [3.8, 4) is 0 Å². The second kappa shape index (κ2) is 9.16. The van der Waals surface area contributed by atoms with E-state index < -0.39 is 0 Å². The monoisotopic (exact) mass is 322 g/mol. The molecular formula is C17H30N4S. The Morgan fingerprint density at radius 1 is 1.45 bits per heavy atom. The van der Waals surface area contributed by atoms with Gasteiger partial charge in [-0.25, -0.2) is 4.99 Å². The lowest BCUT2D eigenvalue weighted by molar-refractivity contribution is 0.141. The second-order valence-electron chi connectivity index (χ2n) is 6.25. The van der Waals surface area contributed by atoms with Crippen LogP contribution < -0.4 is 10.6 Å². The number of guanidine groups is 1. The lowest BCUT2D eigenvalue weighted by Crippen LogP contribution is -2.46. The van der Waals surface area contributed by atoms with E-state index in [1.54, 1.807) is 11.3 Å². The summed E-state index contributed by atoms with van der Waals surface area (Å²) in [5.74, 6) is 1.67. The molecular weight excluding hydrogens is 292 g/mol. The third kappa shape index (κ3) is 5.61. The van der Waals surface area contributed by atoms with Crippen LogP contribution in [0.25, 0.3) is 0 Å². The second-order valence-corrected chi connectivity index (χ2v) is 7.28. The molecule has 0 radical (unpaired) electrons. The van der Waals surface area contributed by atoms with E-state index in [1.807, 2.05) is 0 Å². The van der Waals surface area contributed by atoms with Crippen LogP contribution in [0.3, 0.4) is 0 Å². The van der Waals surface area contributed by atoms with Gasteiger partial charge in [0.05, 0.1) is 6.54 Å². The van der Waals surface area contributed by atoms with E-state index in [1.165, 1.54) is 30.8 Å². The maximum atomic E-state index is 4.69. The van der Waals surface area contributed by atoms with E-state index in [2.05, 4.69) is 58.8 Å². The first-order valence-electron chi connectivity index (χ1n) is 8.47. The highest BCUT2D eigenvalue weighted by atomic mass is 32.1. The normalized spacial score (nSPS) is 20.4. The quantitative estimate of drug-likeness (QED) is 0.625. The van der Waals surface area contributed by atoms with Gasteiger partial charge in [0, 0.05) is 30.6 Å². The van der Waals surface area contributed by atoms with Crippen molar-refractivity contribution in [2.75, 3.05) is 26.2 Å². The van der Waals surface area contributed by atoms with Gasteiger partial charge < -0.3 is 15.5 Å². The third-order valence-electron chi connectivity index (χ3n) is 4.16.